The number of methoxy groups -OCH3 is 1. The van der Waals surface area contributed by atoms with Crippen LogP contribution < -0.4 is 14.8 Å². The van der Waals surface area contributed by atoms with Crippen molar-refractivity contribution < 1.29 is 9.47 Å². The van der Waals surface area contributed by atoms with Gasteiger partial charge in [-0.05, 0) is 30.7 Å². The highest BCUT2D eigenvalue weighted by atomic mass is 79.9. The molecule has 1 N–H and O–H groups in total. The van der Waals surface area contributed by atoms with Gasteiger partial charge in [-0.3, -0.25) is 0 Å². The maximum absolute atomic E-state index is 5.79. The summed E-state index contributed by atoms with van der Waals surface area (Å²) in [7, 11) is 1.63. The van der Waals surface area contributed by atoms with Gasteiger partial charge in [-0.15, -0.1) is 0 Å². The first kappa shape index (κ1) is 16.5. The topological polar surface area (TPSA) is 56.3 Å². The third kappa shape index (κ3) is 3.59. The third-order valence-electron chi connectivity index (χ3n) is 3.47. The van der Waals surface area contributed by atoms with Crippen LogP contribution >= 0.6 is 15.9 Å². The molecule has 1 heterocycles. The molecule has 0 fully saturated rings. The van der Waals surface area contributed by atoms with E-state index in [0.717, 1.165) is 33.3 Å². The molecule has 3 rings (SSSR count). The summed E-state index contributed by atoms with van der Waals surface area (Å²) in [4.78, 5) is 8.71. The molecule has 5 nitrogen and oxygen atoms in total. The monoisotopic (exact) mass is 387 g/mol. The summed E-state index contributed by atoms with van der Waals surface area (Å²) in [5.74, 6) is 2.09. The van der Waals surface area contributed by atoms with Gasteiger partial charge >= 0.3 is 0 Å². The minimum Gasteiger partial charge on any atom is -0.493 e. The van der Waals surface area contributed by atoms with Crippen LogP contribution in [0.25, 0.3) is 10.9 Å². The zero-order valence-electron chi connectivity index (χ0n) is 13.5. The van der Waals surface area contributed by atoms with Crippen molar-refractivity contribution in [3.63, 3.8) is 0 Å². The highest BCUT2D eigenvalue weighted by molar-refractivity contribution is 9.10. The van der Waals surface area contributed by atoms with Crippen LogP contribution in [0.3, 0.4) is 0 Å². The molecule has 0 saturated heterocycles. The van der Waals surface area contributed by atoms with E-state index in [0.29, 0.717) is 18.1 Å². The average Bonchev–Trinajstić information content (AvgIpc) is 2.59. The minimum atomic E-state index is 0.629. The summed E-state index contributed by atoms with van der Waals surface area (Å²) in [5, 5.41) is 4.21. The molecule has 0 aliphatic rings. The van der Waals surface area contributed by atoms with Crippen LogP contribution in [-0.2, 0) is 0 Å². The number of nitrogens with one attached hydrogen (secondary N) is 1. The minimum absolute atomic E-state index is 0.629. The Morgan fingerprint density at radius 1 is 1.12 bits per heavy atom. The highest BCUT2D eigenvalue weighted by Gasteiger charge is 2.11. The van der Waals surface area contributed by atoms with Crippen molar-refractivity contribution in [1.82, 2.24) is 9.97 Å². The van der Waals surface area contributed by atoms with Crippen LogP contribution in [0.15, 0.2) is 47.2 Å². The molecule has 0 unspecified atom stereocenters. The third-order valence-corrected chi connectivity index (χ3v) is 3.96. The second-order valence-electron chi connectivity index (χ2n) is 5.23. The van der Waals surface area contributed by atoms with Crippen LogP contribution in [0.2, 0.25) is 0 Å². The SMILES string of the molecule is CCCOc1cc2c(Nc3cccc(Br)c3)ncnc2cc1OC. The van der Waals surface area contributed by atoms with Crippen molar-refractivity contribution in [1.29, 1.82) is 0 Å². The Bertz CT molecular complexity index is 855. The summed E-state index contributed by atoms with van der Waals surface area (Å²) in [6.07, 6.45) is 2.46. The molecule has 3 aromatic rings. The van der Waals surface area contributed by atoms with Crippen molar-refractivity contribution in [2.24, 2.45) is 0 Å². The lowest BCUT2D eigenvalue weighted by atomic mass is 10.2. The molecular formula is C18H18BrN3O2. The Morgan fingerprint density at radius 3 is 2.75 bits per heavy atom. The van der Waals surface area contributed by atoms with Gasteiger partial charge in [-0.1, -0.05) is 28.9 Å². The lowest BCUT2D eigenvalue weighted by Gasteiger charge is -2.13. The first-order valence-corrected chi connectivity index (χ1v) is 8.48. The lowest BCUT2D eigenvalue weighted by molar-refractivity contribution is 0.295. The summed E-state index contributed by atoms with van der Waals surface area (Å²) >= 11 is 3.47. The van der Waals surface area contributed by atoms with Gasteiger partial charge in [0.2, 0.25) is 0 Å². The van der Waals surface area contributed by atoms with Crippen molar-refractivity contribution in [2.75, 3.05) is 19.0 Å². The molecule has 0 saturated carbocycles. The molecular weight excluding hydrogens is 370 g/mol. The molecule has 0 aliphatic carbocycles. The fraction of sp³-hybridized carbons (Fsp3) is 0.222. The zero-order chi connectivity index (χ0) is 16.9. The summed E-state index contributed by atoms with van der Waals surface area (Å²) < 4.78 is 12.2. The van der Waals surface area contributed by atoms with E-state index < -0.39 is 0 Å². The van der Waals surface area contributed by atoms with Crippen LogP contribution in [-0.4, -0.2) is 23.7 Å². The van der Waals surface area contributed by atoms with Crippen LogP contribution in [0, 0.1) is 0 Å². The molecule has 0 aliphatic heterocycles. The van der Waals surface area contributed by atoms with E-state index in [1.165, 1.54) is 6.33 Å². The normalized spacial score (nSPS) is 10.6. The summed E-state index contributed by atoms with van der Waals surface area (Å²) in [6.45, 7) is 2.70. The van der Waals surface area contributed by atoms with Crippen LogP contribution in [0.1, 0.15) is 13.3 Å². The van der Waals surface area contributed by atoms with Gasteiger partial charge in [-0.2, -0.15) is 0 Å². The molecule has 1 aromatic heterocycles. The van der Waals surface area contributed by atoms with Gasteiger partial charge in [0.25, 0.3) is 0 Å². The van der Waals surface area contributed by atoms with Crippen LogP contribution in [0.4, 0.5) is 11.5 Å². The maximum Gasteiger partial charge on any atom is 0.162 e. The van der Waals surface area contributed by atoms with Crippen LogP contribution in [0.5, 0.6) is 11.5 Å². The fourth-order valence-electron chi connectivity index (χ4n) is 2.35. The van der Waals surface area contributed by atoms with E-state index in [4.69, 9.17) is 9.47 Å². The molecule has 0 radical (unpaired) electrons. The van der Waals surface area contributed by atoms with E-state index in [2.05, 4.69) is 38.1 Å². The Morgan fingerprint density at radius 2 is 2.00 bits per heavy atom. The largest absolute Gasteiger partial charge is 0.493 e. The van der Waals surface area contributed by atoms with Crippen molar-refractivity contribution in [3.8, 4) is 11.5 Å². The number of ether oxygens (including phenoxy) is 2. The predicted molar refractivity (Wildman–Crippen MR) is 99.3 cm³/mol. The van der Waals surface area contributed by atoms with Gasteiger partial charge in [0, 0.05) is 21.6 Å². The van der Waals surface area contributed by atoms with E-state index in [1.807, 2.05) is 36.4 Å². The number of halogens is 1. The fourth-order valence-corrected chi connectivity index (χ4v) is 2.75. The molecule has 24 heavy (non-hydrogen) atoms. The van der Waals surface area contributed by atoms with Crippen molar-refractivity contribution >= 4 is 38.3 Å². The summed E-state index contributed by atoms with van der Waals surface area (Å²) in [5.41, 5.74) is 1.74. The highest BCUT2D eigenvalue weighted by Crippen LogP contribution is 2.35. The first-order valence-electron chi connectivity index (χ1n) is 7.69. The molecule has 0 spiro atoms. The Balaban J connectivity index is 2.04. The average molecular weight is 388 g/mol. The first-order chi connectivity index (χ1) is 11.7. The predicted octanol–water partition coefficient (Wildman–Crippen LogP) is 4.93. The van der Waals surface area contributed by atoms with Gasteiger partial charge in [0.05, 0.1) is 19.2 Å². The van der Waals surface area contributed by atoms with E-state index in [1.54, 1.807) is 7.11 Å². The Kier molecular flexibility index (Phi) is 5.15. The number of rotatable bonds is 6. The van der Waals surface area contributed by atoms with Gasteiger partial charge in [0.1, 0.15) is 12.1 Å². The lowest BCUT2D eigenvalue weighted by Crippen LogP contribution is -2.00. The molecule has 0 amide bonds. The molecule has 6 heteroatoms. The summed E-state index contributed by atoms with van der Waals surface area (Å²) in [6, 6.07) is 11.7. The van der Waals surface area contributed by atoms with Gasteiger partial charge < -0.3 is 14.8 Å². The molecule has 0 atom stereocenters. The number of hydrogen-bond donors (Lipinski definition) is 1. The Hall–Kier alpha value is -2.34. The van der Waals surface area contributed by atoms with Crippen molar-refractivity contribution in [3.05, 3.63) is 47.2 Å². The van der Waals surface area contributed by atoms with Gasteiger partial charge in [0.15, 0.2) is 11.5 Å². The standard InChI is InChI=1S/C18H18BrN3O2/c1-3-7-24-17-9-14-15(10-16(17)23-2)20-11-21-18(14)22-13-6-4-5-12(19)8-13/h4-6,8-11H,3,7H2,1-2H3,(H,20,21,22). The Labute approximate surface area is 149 Å². The van der Waals surface area contributed by atoms with E-state index >= 15 is 0 Å². The number of fused-ring (bicyclic) bond motifs is 1. The zero-order valence-corrected chi connectivity index (χ0v) is 15.1. The molecule has 124 valence electrons. The second-order valence-corrected chi connectivity index (χ2v) is 6.14. The molecule has 2 aromatic carbocycles. The maximum atomic E-state index is 5.79. The number of benzene rings is 2. The smallest absolute Gasteiger partial charge is 0.162 e. The van der Waals surface area contributed by atoms with E-state index in [9.17, 15) is 0 Å². The number of nitrogens with zero attached hydrogens (tertiary/aromatic N) is 2. The number of hydrogen-bond acceptors (Lipinski definition) is 5. The quantitative estimate of drug-likeness (QED) is 0.649. The second kappa shape index (κ2) is 7.49. The number of aromatic nitrogens is 2. The van der Waals surface area contributed by atoms with Gasteiger partial charge in [-0.25, -0.2) is 9.97 Å². The molecule has 0 bridgehead atoms. The van der Waals surface area contributed by atoms with E-state index in [-0.39, 0.29) is 0 Å². The van der Waals surface area contributed by atoms with Crippen molar-refractivity contribution in [2.45, 2.75) is 13.3 Å². The number of anilines is 2.